The molecule has 0 atom stereocenters. The van der Waals surface area contributed by atoms with Crippen molar-refractivity contribution in [3.8, 4) is 10.6 Å². The van der Waals surface area contributed by atoms with E-state index in [0.717, 1.165) is 10.6 Å². The van der Waals surface area contributed by atoms with Crippen LogP contribution in [0.25, 0.3) is 10.6 Å². The normalized spacial score (nSPS) is 10.5. The van der Waals surface area contributed by atoms with Gasteiger partial charge in [0.25, 0.3) is 0 Å². The van der Waals surface area contributed by atoms with Gasteiger partial charge in [-0.2, -0.15) is 0 Å². The number of aromatic nitrogens is 2. The molecule has 0 amide bonds. The molecule has 6 heteroatoms. The molecule has 2 aromatic rings. The Balaban J connectivity index is 2.43. The first-order chi connectivity index (χ1) is 5.75. The molecule has 0 bridgehead atoms. The third-order valence-corrected chi connectivity index (χ3v) is 3.14. The molecule has 0 aliphatic heterocycles. The van der Waals surface area contributed by atoms with E-state index in [1.165, 1.54) is 22.7 Å². The molecule has 2 rings (SSSR count). The molecule has 2 nitrogen and oxygen atoms in total. The zero-order chi connectivity index (χ0) is 8.55. The Morgan fingerprint density at radius 1 is 1.33 bits per heavy atom. The van der Waals surface area contributed by atoms with Crippen LogP contribution in [0.2, 0.25) is 8.93 Å². The number of hydrogen-bond donors (Lipinski definition) is 0. The lowest BCUT2D eigenvalue weighted by molar-refractivity contribution is 1.39. The van der Waals surface area contributed by atoms with Crippen LogP contribution in [0.5, 0.6) is 0 Å². The Morgan fingerprint density at radius 2 is 2.17 bits per heavy atom. The average Bonchev–Trinajstić information content (AvgIpc) is 2.58. The van der Waals surface area contributed by atoms with Crippen molar-refractivity contribution in [3.05, 3.63) is 20.5 Å². The molecule has 0 aromatic carbocycles. The SMILES string of the molecule is Clc1nc(-c2cnc(Cl)s2)[c]s1. The minimum absolute atomic E-state index is 0.481. The van der Waals surface area contributed by atoms with Gasteiger partial charge in [-0.1, -0.05) is 23.2 Å². The second kappa shape index (κ2) is 3.30. The van der Waals surface area contributed by atoms with E-state index < -0.39 is 0 Å². The van der Waals surface area contributed by atoms with E-state index in [1.807, 2.05) is 0 Å². The second-order valence-corrected chi connectivity index (χ2v) is 4.88. The maximum Gasteiger partial charge on any atom is 0.184 e. The van der Waals surface area contributed by atoms with Crippen molar-refractivity contribution in [2.75, 3.05) is 0 Å². The van der Waals surface area contributed by atoms with Crippen LogP contribution in [0.15, 0.2) is 6.20 Å². The first-order valence-electron chi connectivity index (χ1n) is 2.91. The quantitative estimate of drug-likeness (QED) is 0.758. The predicted octanol–water partition coefficient (Wildman–Crippen LogP) is 3.37. The smallest absolute Gasteiger partial charge is 0.184 e. The average molecular weight is 236 g/mol. The van der Waals surface area contributed by atoms with Gasteiger partial charge in [-0.15, -0.1) is 22.7 Å². The third kappa shape index (κ3) is 1.61. The summed E-state index contributed by atoms with van der Waals surface area (Å²) in [6.45, 7) is 0. The number of nitrogens with zero attached hydrogens (tertiary/aromatic N) is 2. The minimum atomic E-state index is 0.481. The molecule has 61 valence electrons. The highest BCUT2D eigenvalue weighted by Crippen LogP contribution is 2.30. The van der Waals surface area contributed by atoms with Gasteiger partial charge >= 0.3 is 0 Å². The molecule has 0 fully saturated rings. The lowest BCUT2D eigenvalue weighted by Crippen LogP contribution is -1.68. The van der Waals surface area contributed by atoms with Crippen molar-refractivity contribution in [3.63, 3.8) is 0 Å². The zero-order valence-electron chi connectivity index (χ0n) is 5.54. The number of hydrogen-bond acceptors (Lipinski definition) is 4. The lowest BCUT2D eigenvalue weighted by Gasteiger charge is -1.82. The molecular weight excluding hydrogens is 235 g/mol. The standard InChI is InChI=1S/C6HCl2N2S2/c7-5-9-1-4(12-5)3-2-11-6(8)10-3/h1H. The van der Waals surface area contributed by atoms with E-state index in [2.05, 4.69) is 15.3 Å². The Labute approximate surface area is 86.8 Å². The molecular formula is C6HCl2N2S2. The Hall–Kier alpha value is -0.160. The van der Waals surface area contributed by atoms with Crippen LogP contribution >= 0.6 is 45.9 Å². The van der Waals surface area contributed by atoms with Crippen LogP contribution in [-0.4, -0.2) is 9.97 Å². The number of halogens is 2. The Kier molecular flexibility index (Phi) is 2.32. The van der Waals surface area contributed by atoms with Gasteiger partial charge in [0.05, 0.1) is 10.3 Å². The third-order valence-electron chi connectivity index (χ3n) is 1.14. The van der Waals surface area contributed by atoms with Gasteiger partial charge in [0.15, 0.2) is 8.93 Å². The molecule has 0 saturated heterocycles. The van der Waals surface area contributed by atoms with Gasteiger partial charge in [0.2, 0.25) is 0 Å². The summed E-state index contributed by atoms with van der Waals surface area (Å²) in [4.78, 5) is 8.81. The maximum absolute atomic E-state index is 5.65. The zero-order valence-corrected chi connectivity index (χ0v) is 8.69. The van der Waals surface area contributed by atoms with Gasteiger partial charge in [-0.3, -0.25) is 0 Å². The fraction of sp³-hybridized carbons (Fsp3) is 0. The van der Waals surface area contributed by atoms with E-state index in [1.54, 1.807) is 6.20 Å². The highest BCUT2D eigenvalue weighted by atomic mass is 35.5. The van der Waals surface area contributed by atoms with Crippen molar-refractivity contribution in [2.24, 2.45) is 0 Å². The van der Waals surface area contributed by atoms with Gasteiger partial charge in [0, 0.05) is 6.20 Å². The topological polar surface area (TPSA) is 25.8 Å². The van der Waals surface area contributed by atoms with Gasteiger partial charge < -0.3 is 0 Å². The molecule has 0 aliphatic carbocycles. The maximum atomic E-state index is 5.65. The van der Waals surface area contributed by atoms with E-state index >= 15 is 0 Å². The lowest BCUT2D eigenvalue weighted by atomic mass is 10.4. The molecule has 0 aliphatic rings. The van der Waals surface area contributed by atoms with Crippen molar-refractivity contribution in [1.82, 2.24) is 9.97 Å². The summed E-state index contributed by atoms with van der Waals surface area (Å²) in [6.07, 6.45) is 1.66. The highest BCUT2D eigenvalue weighted by Gasteiger charge is 2.06. The van der Waals surface area contributed by atoms with E-state index in [0.29, 0.717) is 8.93 Å². The van der Waals surface area contributed by atoms with Gasteiger partial charge in [0.1, 0.15) is 5.69 Å². The molecule has 2 heterocycles. The summed E-state index contributed by atoms with van der Waals surface area (Å²) >= 11 is 13.9. The molecule has 1 radical (unpaired) electrons. The minimum Gasteiger partial charge on any atom is -0.233 e. The van der Waals surface area contributed by atoms with Crippen molar-refractivity contribution >= 4 is 45.9 Å². The summed E-state index contributed by atoms with van der Waals surface area (Å²) < 4.78 is 0.983. The summed E-state index contributed by atoms with van der Waals surface area (Å²) in [6, 6.07) is 0. The second-order valence-electron chi connectivity index (χ2n) is 1.89. The molecule has 0 unspecified atom stereocenters. The molecule has 12 heavy (non-hydrogen) atoms. The van der Waals surface area contributed by atoms with Crippen molar-refractivity contribution < 1.29 is 0 Å². The van der Waals surface area contributed by atoms with Crippen LogP contribution in [0.1, 0.15) is 0 Å². The molecule has 0 spiro atoms. The first-order valence-corrected chi connectivity index (χ1v) is 5.30. The largest absolute Gasteiger partial charge is 0.233 e. The Morgan fingerprint density at radius 3 is 2.67 bits per heavy atom. The van der Waals surface area contributed by atoms with Crippen LogP contribution < -0.4 is 0 Å². The summed E-state index contributed by atoms with van der Waals surface area (Å²) in [5.41, 5.74) is 0.717. The van der Waals surface area contributed by atoms with Crippen LogP contribution in [0.3, 0.4) is 0 Å². The molecule has 2 aromatic heterocycles. The number of rotatable bonds is 1. The first kappa shape index (κ1) is 8.44. The summed E-state index contributed by atoms with van der Waals surface area (Å²) in [5, 5.41) is 2.95. The van der Waals surface area contributed by atoms with Crippen LogP contribution in [0.4, 0.5) is 0 Å². The fourth-order valence-corrected chi connectivity index (χ4v) is 2.31. The highest BCUT2D eigenvalue weighted by molar-refractivity contribution is 7.19. The Bertz CT molecular complexity index is 357. The van der Waals surface area contributed by atoms with Crippen LogP contribution in [-0.2, 0) is 0 Å². The summed E-state index contributed by atoms with van der Waals surface area (Å²) in [7, 11) is 0. The monoisotopic (exact) mass is 235 g/mol. The van der Waals surface area contributed by atoms with Crippen molar-refractivity contribution in [1.29, 1.82) is 0 Å². The fourth-order valence-electron chi connectivity index (χ4n) is 0.692. The van der Waals surface area contributed by atoms with E-state index in [-0.39, 0.29) is 0 Å². The van der Waals surface area contributed by atoms with Crippen molar-refractivity contribution in [2.45, 2.75) is 0 Å². The summed E-state index contributed by atoms with van der Waals surface area (Å²) in [5.74, 6) is 0. The molecule has 0 saturated carbocycles. The number of thiazole rings is 2. The van der Waals surface area contributed by atoms with E-state index in [4.69, 9.17) is 23.2 Å². The van der Waals surface area contributed by atoms with Gasteiger partial charge in [-0.25, -0.2) is 9.97 Å². The van der Waals surface area contributed by atoms with Crippen LogP contribution in [0, 0.1) is 5.38 Å². The predicted molar refractivity (Wildman–Crippen MR) is 52.1 cm³/mol. The van der Waals surface area contributed by atoms with Gasteiger partial charge in [-0.05, 0) is 0 Å². The van der Waals surface area contributed by atoms with E-state index in [9.17, 15) is 0 Å². The molecule has 0 N–H and O–H groups in total.